The van der Waals surface area contributed by atoms with Crippen molar-refractivity contribution in [3.05, 3.63) is 4.13 Å². The molecule has 0 aromatic rings. The number of hydrogen-bond acceptors (Lipinski definition) is 4. The molecule has 6 nitrogen and oxygen atoms in total. The Kier molecular flexibility index (Phi) is 8.45. The van der Waals surface area contributed by atoms with Crippen LogP contribution in [0.5, 0.6) is 0 Å². The number of rotatable bonds is 5. The summed E-state index contributed by atoms with van der Waals surface area (Å²) in [6.07, 6.45) is 5.73. The molecule has 0 aromatic heterocycles. The van der Waals surface area contributed by atoms with Crippen molar-refractivity contribution in [1.82, 2.24) is 0 Å². The largest absolute Gasteiger partial charge is 0.480 e. The molecule has 0 atom stereocenters. The predicted molar refractivity (Wildman–Crippen MR) is 73.0 cm³/mol. The van der Waals surface area contributed by atoms with Crippen molar-refractivity contribution in [2.45, 2.75) is 43.6 Å². The van der Waals surface area contributed by atoms with Gasteiger partial charge in [0.1, 0.15) is 0 Å². The van der Waals surface area contributed by atoms with Crippen LogP contribution in [0, 0.1) is 0 Å². The third-order valence-electron chi connectivity index (χ3n) is 2.98. The van der Waals surface area contributed by atoms with E-state index in [1.165, 1.54) is 45.3 Å². The summed E-state index contributed by atoms with van der Waals surface area (Å²) in [4.78, 5) is 1.84. The van der Waals surface area contributed by atoms with Crippen LogP contribution >= 0.6 is 0 Å². The van der Waals surface area contributed by atoms with Crippen molar-refractivity contribution in [2.24, 2.45) is 0 Å². The molecule has 1 rings (SSSR count). The van der Waals surface area contributed by atoms with Crippen molar-refractivity contribution >= 4 is 20.0 Å². The second kappa shape index (κ2) is 8.67. The minimum Gasteiger partial charge on any atom is -0.421 e. The third-order valence-corrected chi connectivity index (χ3v) is 5.72. The molecule has 0 unspecified atom stereocenters. The molecule has 1 aliphatic rings. The number of sulfonamides is 2. The van der Waals surface area contributed by atoms with Crippen molar-refractivity contribution in [3.8, 4) is 0 Å². The fourth-order valence-electron chi connectivity index (χ4n) is 1.77. The van der Waals surface area contributed by atoms with Gasteiger partial charge in [0.05, 0.1) is 19.6 Å². The predicted octanol–water partition coefficient (Wildman–Crippen LogP) is 1.52. The molecule has 1 heterocycles. The Labute approximate surface area is 136 Å². The molecular weight excluding hydrogens is 390 g/mol. The smallest absolute Gasteiger partial charge is 0.421 e. The number of halogens is 6. The average Bonchev–Trinajstić information content (AvgIpc) is 2.86. The van der Waals surface area contributed by atoms with E-state index >= 15 is 0 Å². The summed E-state index contributed by atoms with van der Waals surface area (Å²) < 4.78 is 109. The van der Waals surface area contributed by atoms with E-state index in [0.717, 1.165) is 4.13 Å². The minimum absolute atomic E-state index is 0.778. The van der Waals surface area contributed by atoms with Crippen LogP contribution in [0.1, 0.15) is 32.6 Å². The highest BCUT2D eigenvalue weighted by molar-refractivity contribution is 8.13. The number of nitrogens with zero attached hydrogens (tertiary/aromatic N) is 1. The van der Waals surface area contributed by atoms with Gasteiger partial charge in [-0.3, -0.25) is 0 Å². The first kappa shape index (κ1) is 23.4. The maximum absolute atomic E-state index is 11.4. The second-order valence-corrected chi connectivity index (χ2v) is 8.40. The summed E-state index contributed by atoms with van der Waals surface area (Å²) in [5.41, 5.74) is -12.4. The van der Waals surface area contributed by atoms with Gasteiger partial charge in [-0.25, -0.2) is 16.8 Å². The van der Waals surface area contributed by atoms with Gasteiger partial charge in [0, 0.05) is 12.8 Å². The third kappa shape index (κ3) is 7.53. The molecule has 0 bridgehead atoms. The zero-order valence-electron chi connectivity index (χ0n) is 12.6. The topological polar surface area (TPSA) is 86.8 Å². The van der Waals surface area contributed by atoms with Gasteiger partial charge in [-0.2, -0.15) is 26.3 Å². The van der Waals surface area contributed by atoms with Crippen molar-refractivity contribution in [1.29, 1.82) is 0 Å². The van der Waals surface area contributed by atoms with E-state index in [-0.39, 0.29) is 0 Å². The Morgan fingerprint density at radius 1 is 0.875 bits per heavy atom. The highest BCUT2D eigenvalue weighted by atomic mass is 32.3. The first-order chi connectivity index (χ1) is 10.6. The summed E-state index contributed by atoms with van der Waals surface area (Å²) in [6.45, 7) is 6.59. The Hall–Kier alpha value is -0.600. The Morgan fingerprint density at radius 3 is 1.54 bits per heavy atom. The normalized spacial score (nSPS) is 17.5. The van der Waals surface area contributed by atoms with Crippen LogP contribution in [0.2, 0.25) is 0 Å². The van der Waals surface area contributed by atoms with Gasteiger partial charge in [-0.05, 0) is 6.42 Å². The Balaban J connectivity index is 0.000000496. The quantitative estimate of drug-likeness (QED) is 0.699. The summed E-state index contributed by atoms with van der Waals surface area (Å²) in [6, 6.07) is 0. The summed E-state index contributed by atoms with van der Waals surface area (Å²) in [5.74, 6) is 0. The van der Waals surface area contributed by atoms with Gasteiger partial charge >= 0.3 is 11.0 Å². The van der Waals surface area contributed by atoms with E-state index < -0.39 is 31.1 Å². The molecule has 0 saturated carbocycles. The zero-order chi connectivity index (χ0) is 19.2. The lowest BCUT2D eigenvalue weighted by Gasteiger charge is -2.22. The van der Waals surface area contributed by atoms with E-state index in [1.54, 1.807) is 0 Å². The van der Waals surface area contributed by atoms with E-state index in [0.29, 0.717) is 0 Å². The minimum atomic E-state index is -6.72. The van der Waals surface area contributed by atoms with Crippen LogP contribution in [0.3, 0.4) is 0 Å². The number of hydrogen-bond donors (Lipinski definition) is 1. The molecule has 0 aliphatic carbocycles. The standard InChI is InChI=1S/C8H17N.C2F6NO4S2/c1-2-3-6-9-7-4-5-8-9;3-1(4,5)14(10,11)9-15(12,13)2(6,7)8/h2-8H2,1H3;/q;-1/p+1. The summed E-state index contributed by atoms with van der Waals surface area (Å²) >= 11 is 0. The lowest BCUT2D eigenvalue weighted by atomic mass is 10.3. The van der Waals surface area contributed by atoms with E-state index in [4.69, 9.17) is 0 Å². The molecule has 0 amide bonds. The van der Waals surface area contributed by atoms with Crippen molar-refractivity contribution in [2.75, 3.05) is 19.6 Å². The van der Waals surface area contributed by atoms with Gasteiger partial charge in [-0.1, -0.05) is 13.3 Å². The maximum atomic E-state index is 11.4. The fourth-order valence-corrected chi connectivity index (χ4v) is 3.48. The monoisotopic (exact) mass is 408 g/mol. The molecule has 0 radical (unpaired) electrons. The summed E-state index contributed by atoms with van der Waals surface area (Å²) in [7, 11) is -13.4. The number of likely N-dealkylation sites (tertiary alicyclic amines) is 1. The molecule has 24 heavy (non-hydrogen) atoms. The number of quaternary nitrogens is 1. The molecule has 1 N–H and O–H groups in total. The van der Waals surface area contributed by atoms with Crippen LogP contribution in [0.15, 0.2) is 0 Å². The van der Waals surface area contributed by atoms with Crippen molar-refractivity contribution < 1.29 is 48.1 Å². The molecule has 0 spiro atoms. The molecule has 0 aromatic carbocycles. The lowest BCUT2D eigenvalue weighted by molar-refractivity contribution is -0.887. The average molecular weight is 408 g/mol. The Bertz CT molecular complexity index is 537. The van der Waals surface area contributed by atoms with Gasteiger partial charge < -0.3 is 9.03 Å². The molecular formula is C10H18F6N2O4S2. The fraction of sp³-hybridized carbons (Fsp3) is 1.00. The number of nitrogens with one attached hydrogen (secondary N) is 1. The van der Waals surface area contributed by atoms with E-state index in [9.17, 15) is 43.2 Å². The molecule has 1 fully saturated rings. The van der Waals surface area contributed by atoms with Crippen molar-refractivity contribution in [3.63, 3.8) is 0 Å². The van der Waals surface area contributed by atoms with Gasteiger partial charge in [0.2, 0.25) is 0 Å². The zero-order valence-corrected chi connectivity index (χ0v) is 14.2. The first-order valence-corrected chi connectivity index (χ1v) is 9.72. The van der Waals surface area contributed by atoms with Crippen LogP contribution in [0.4, 0.5) is 26.3 Å². The van der Waals surface area contributed by atoms with Crippen LogP contribution in [-0.2, 0) is 20.0 Å². The summed E-state index contributed by atoms with van der Waals surface area (Å²) in [5, 5.41) is 0. The molecule has 14 heteroatoms. The van der Waals surface area contributed by atoms with E-state index in [1.807, 2.05) is 4.90 Å². The molecule has 1 saturated heterocycles. The molecule has 1 aliphatic heterocycles. The SMILES string of the molecule is CCCC[NH+]1CCCC1.O=S(=O)([N-]S(=O)(=O)C(F)(F)F)C(F)(F)F. The van der Waals surface area contributed by atoms with Gasteiger partial charge in [0.15, 0.2) is 20.0 Å². The Morgan fingerprint density at radius 2 is 1.25 bits per heavy atom. The van der Waals surface area contributed by atoms with Crippen LogP contribution < -0.4 is 4.90 Å². The van der Waals surface area contributed by atoms with Gasteiger partial charge in [0.25, 0.3) is 0 Å². The van der Waals surface area contributed by atoms with E-state index in [2.05, 4.69) is 6.92 Å². The lowest BCUT2D eigenvalue weighted by Crippen LogP contribution is -3.09. The molecule has 146 valence electrons. The van der Waals surface area contributed by atoms with Gasteiger partial charge in [-0.15, -0.1) is 0 Å². The highest BCUT2D eigenvalue weighted by Crippen LogP contribution is 2.36. The van der Waals surface area contributed by atoms with Crippen LogP contribution in [-0.4, -0.2) is 47.5 Å². The maximum Gasteiger partial charge on any atom is 0.480 e. The van der Waals surface area contributed by atoms with Crippen LogP contribution in [0.25, 0.3) is 4.13 Å². The highest BCUT2D eigenvalue weighted by Gasteiger charge is 2.46. The number of alkyl halides is 6. The second-order valence-electron chi connectivity index (χ2n) is 4.98. The first-order valence-electron chi connectivity index (χ1n) is 6.84. The number of unbranched alkanes of at least 4 members (excludes halogenated alkanes) is 1.